The van der Waals surface area contributed by atoms with Crippen LogP contribution in [0.4, 0.5) is 0 Å². The summed E-state index contributed by atoms with van der Waals surface area (Å²) in [6, 6.07) is 158. The lowest BCUT2D eigenvalue weighted by Gasteiger charge is -2.10. The Balaban J connectivity index is 0.000000134. The molecule has 14 heteroatoms. The maximum atomic E-state index is 7.09. The maximum absolute atomic E-state index is 7.09. The zero-order valence-electron chi connectivity index (χ0n) is 74.8. The molecule has 10 aromatic heterocycles. The number of rotatable bonds is 12. The van der Waals surface area contributed by atoms with Gasteiger partial charge in [0.1, 0.15) is 16.7 Å². The zero-order valence-corrected chi connectivity index (χ0v) is 75.6. The van der Waals surface area contributed by atoms with Gasteiger partial charge in [-0.05, 0) is 144 Å². The Morgan fingerprint density at radius 1 is 0.157 bits per heavy atom. The lowest BCUT2D eigenvalue weighted by atomic mass is 10.0. The van der Waals surface area contributed by atoms with Crippen molar-refractivity contribution in [1.82, 2.24) is 48.2 Å². The third-order valence-electron chi connectivity index (χ3n) is 28.0. The van der Waals surface area contributed by atoms with Crippen molar-refractivity contribution in [2.24, 2.45) is 0 Å². The first kappa shape index (κ1) is 78.7. The smallest absolute Gasteiger partial charge is 0.167 e. The van der Waals surface area contributed by atoms with Gasteiger partial charge in [-0.1, -0.05) is 328 Å². The summed E-state index contributed by atoms with van der Waals surface area (Å²) in [6.07, 6.45) is 0. The predicted octanol–water partition coefficient (Wildman–Crippen LogP) is 33.5. The highest BCUT2D eigenvalue weighted by Gasteiger charge is 2.28. The Hall–Kier alpha value is -18.8. The van der Waals surface area contributed by atoms with Crippen LogP contribution in [0.2, 0.25) is 0 Å². The van der Waals surface area contributed by atoms with Crippen molar-refractivity contribution in [3.63, 3.8) is 0 Å². The third kappa shape index (κ3) is 12.4. The van der Waals surface area contributed by atoms with Crippen LogP contribution in [0.3, 0.4) is 0 Å². The molecular formula is C126H74N10O3S. The minimum atomic E-state index is 0.551. The molecule has 0 radical (unpaired) electrons. The van der Waals surface area contributed by atoms with E-state index in [0.717, 1.165) is 193 Å². The maximum Gasteiger partial charge on any atom is 0.167 e. The van der Waals surface area contributed by atoms with Gasteiger partial charge in [-0.15, -0.1) is 11.3 Å². The Labute approximate surface area is 802 Å². The molecule has 0 saturated carbocycles. The molecule has 30 aromatic rings. The number of fused-ring (bicyclic) bond motifs is 24. The van der Waals surface area contributed by atoms with Crippen molar-refractivity contribution in [2.75, 3.05) is 0 Å². The van der Waals surface area contributed by atoms with E-state index in [-0.39, 0.29) is 0 Å². The van der Waals surface area contributed by atoms with Gasteiger partial charge in [0.05, 0.1) is 77.1 Å². The number of aromatic nitrogens is 10. The van der Waals surface area contributed by atoms with Gasteiger partial charge < -0.3 is 31.5 Å². The minimum absolute atomic E-state index is 0.551. The molecule has 0 amide bonds. The summed E-state index contributed by atoms with van der Waals surface area (Å²) < 4.78 is 32.1. The van der Waals surface area contributed by atoms with E-state index in [1.165, 1.54) is 58.9 Å². The number of hydrogen-bond acceptors (Lipinski definition) is 10. The molecule has 0 saturated heterocycles. The molecule has 0 aliphatic rings. The van der Waals surface area contributed by atoms with Crippen molar-refractivity contribution in [3.8, 4) is 113 Å². The Morgan fingerprint density at radius 3 is 0.793 bits per heavy atom. The second-order valence-corrected chi connectivity index (χ2v) is 36.8. The van der Waals surface area contributed by atoms with E-state index in [2.05, 4.69) is 340 Å². The second kappa shape index (κ2) is 31.4. The largest absolute Gasteiger partial charge is 0.454 e. The number of para-hydroxylation sites is 10. The van der Waals surface area contributed by atoms with Crippen LogP contribution in [0, 0.1) is 0 Å². The fraction of sp³-hybridized carbons (Fsp3) is 0. The predicted molar refractivity (Wildman–Crippen MR) is 575 cm³/mol. The molecule has 0 bridgehead atoms. The number of furan rings is 3. The van der Waals surface area contributed by atoms with E-state index in [9.17, 15) is 0 Å². The van der Waals surface area contributed by atoms with Crippen molar-refractivity contribution in [1.29, 1.82) is 0 Å². The fourth-order valence-corrected chi connectivity index (χ4v) is 23.0. The monoisotopic (exact) mass is 1810 g/mol. The molecule has 0 fully saturated rings. The van der Waals surface area contributed by atoms with Gasteiger partial charge in [0, 0.05) is 119 Å². The van der Waals surface area contributed by atoms with Crippen molar-refractivity contribution < 1.29 is 13.3 Å². The molecule has 10 heterocycles. The summed E-state index contributed by atoms with van der Waals surface area (Å²) in [7, 11) is 0. The number of benzene rings is 20. The Kier molecular flexibility index (Phi) is 17.7. The number of thiophene rings is 1. The molecule has 13 nitrogen and oxygen atoms in total. The molecule has 20 aromatic carbocycles. The SMILES string of the molecule is c1ccc(-c2nc(-c3ccccc3)nc(-c3cccc4c3oc3c(-n5c6ccccc6c6cc(-c7ccc8c(c7)c7ccccc7n8-c7cccc8c7oc7ccccc78)ccc65)cccc34)n2)cc1.c1ccc(-c2nc(-c3ccccc3)nc(-c3cccc4c3sc3c(-n5c6ccccc6c6cc(-c7ccc8c(c7)c7ccccc7n8-c7cccc8c7oc7ccccc78)ccc65)cccc34)n2)cc1. The molecule has 140 heavy (non-hydrogen) atoms. The van der Waals surface area contributed by atoms with Crippen LogP contribution >= 0.6 is 11.3 Å². The standard InChI is InChI=1S/C63H37N5O2.C63H37N5OS/c1-3-16-38(17-4-1)61-64-62(39-18-5-2-6-19-39)66-63(65-61)48-26-13-23-46-47-25-15-30-56(60(47)70-58(46)48)68-52-28-11-8-21-43(52)50-37-41(33-35-54(50)68)40-32-34-53-49(36-40)42-20-7-10-27-51(42)67(53)55-29-14-24-45-44-22-9-12-31-57(44)69-59(45)55;1-3-16-38(17-4-1)61-64-62(39-18-5-2-6-19-39)66-63(65-61)48-26-13-24-46-47-25-15-30-56(60(47)70-59(46)48)68-52-28-11-8-21-43(52)50-37-41(33-35-54(50)68)40-32-34-53-49(36-40)42-20-7-10-27-51(42)67(53)55-29-14-23-45-44-22-9-12-31-57(44)69-58(45)55/h2*1-37H. The highest BCUT2D eigenvalue weighted by Crippen LogP contribution is 2.50. The summed E-state index contributed by atoms with van der Waals surface area (Å²) in [6.45, 7) is 0. The van der Waals surface area contributed by atoms with Crippen LogP contribution in [-0.2, 0) is 0 Å². The van der Waals surface area contributed by atoms with Gasteiger partial charge in [0.25, 0.3) is 0 Å². The summed E-state index contributed by atoms with van der Waals surface area (Å²) in [5.74, 6) is 3.71. The Morgan fingerprint density at radius 2 is 0.414 bits per heavy atom. The number of nitrogens with zero attached hydrogens (tertiary/aromatic N) is 10. The van der Waals surface area contributed by atoms with Gasteiger partial charge in [-0.2, -0.15) is 0 Å². The summed E-state index contributed by atoms with van der Waals surface area (Å²) in [4.78, 5) is 30.4. The first-order valence-corrected chi connectivity index (χ1v) is 47.8. The number of hydrogen-bond donors (Lipinski definition) is 0. The third-order valence-corrected chi connectivity index (χ3v) is 29.3. The van der Waals surface area contributed by atoms with E-state index in [4.69, 9.17) is 43.2 Å². The summed E-state index contributed by atoms with van der Waals surface area (Å²) >= 11 is 1.80. The van der Waals surface area contributed by atoms with Crippen LogP contribution in [-0.4, -0.2) is 48.2 Å². The van der Waals surface area contributed by atoms with E-state index >= 15 is 0 Å². The molecule has 0 atom stereocenters. The van der Waals surface area contributed by atoms with Crippen LogP contribution in [0.5, 0.6) is 0 Å². The quantitative estimate of drug-likeness (QED) is 0.117. The summed E-state index contributed by atoms with van der Waals surface area (Å²) in [5.41, 5.74) is 28.4. The van der Waals surface area contributed by atoms with Gasteiger partial charge in [-0.3, -0.25) is 0 Å². The van der Waals surface area contributed by atoms with Crippen LogP contribution in [0.1, 0.15) is 0 Å². The highest BCUT2D eigenvalue weighted by molar-refractivity contribution is 7.26. The molecule has 0 aliphatic heterocycles. The van der Waals surface area contributed by atoms with E-state index < -0.39 is 0 Å². The topological polar surface area (TPSA) is 136 Å². The normalized spacial score (nSPS) is 12.0. The molecule has 0 aliphatic carbocycles. The fourth-order valence-electron chi connectivity index (χ4n) is 21.6. The lowest BCUT2D eigenvalue weighted by Crippen LogP contribution is -2.00. The zero-order chi connectivity index (χ0) is 91.7. The molecular weight excluding hydrogens is 1730 g/mol. The second-order valence-electron chi connectivity index (χ2n) is 35.8. The average Bonchev–Trinajstić information content (AvgIpc) is 1.58. The molecule has 30 rings (SSSR count). The van der Waals surface area contributed by atoms with Crippen LogP contribution < -0.4 is 0 Å². The van der Waals surface area contributed by atoms with Crippen molar-refractivity contribution in [3.05, 3.63) is 449 Å². The van der Waals surface area contributed by atoms with E-state index in [1.807, 2.05) is 127 Å². The van der Waals surface area contributed by atoms with Crippen molar-refractivity contribution >= 4 is 185 Å². The average molecular weight is 1810 g/mol. The lowest BCUT2D eigenvalue weighted by molar-refractivity contribution is 0.666. The van der Waals surface area contributed by atoms with Crippen molar-refractivity contribution in [2.45, 2.75) is 0 Å². The molecule has 0 unspecified atom stereocenters. The van der Waals surface area contributed by atoms with E-state index in [0.29, 0.717) is 34.9 Å². The van der Waals surface area contributed by atoms with Gasteiger partial charge in [0.15, 0.2) is 51.7 Å². The summed E-state index contributed by atoms with van der Waals surface area (Å²) in [5, 5.41) is 18.4. The first-order valence-electron chi connectivity index (χ1n) is 47.0. The molecule has 0 N–H and O–H groups in total. The van der Waals surface area contributed by atoms with Crippen LogP contribution in [0.15, 0.2) is 462 Å². The highest BCUT2D eigenvalue weighted by atomic mass is 32.1. The van der Waals surface area contributed by atoms with Gasteiger partial charge in [-0.25, -0.2) is 29.9 Å². The van der Waals surface area contributed by atoms with E-state index in [1.54, 1.807) is 11.3 Å². The van der Waals surface area contributed by atoms with Crippen LogP contribution in [0.25, 0.3) is 287 Å². The molecule has 652 valence electrons. The first-order chi connectivity index (χ1) is 69.4. The molecule has 0 spiro atoms. The minimum Gasteiger partial charge on any atom is -0.454 e. The van der Waals surface area contributed by atoms with Gasteiger partial charge in [0.2, 0.25) is 0 Å². The van der Waals surface area contributed by atoms with Gasteiger partial charge >= 0.3 is 0 Å². The Bertz CT molecular complexity index is 9670.